The zero-order chi connectivity index (χ0) is 10.6. The zero-order valence-electron chi connectivity index (χ0n) is 8.40. The second-order valence-corrected chi connectivity index (χ2v) is 3.95. The van der Waals surface area contributed by atoms with Crippen molar-refractivity contribution in [1.29, 1.82) is 0 Å². The van der Waals surface area contributed by atoms with E-state index in [1.807, 2.05) is 13.0 Å². The molecule has 0 spiro atoms. The summed E-state index contributed by atoms with van der Waals surface area (Å²) in [7, 11) is 0. The number of hydrogen-bond donors (Lipinski definition) is 1. The first-order chi connectivity index (χ1) is 6.65. The molecule has 0 aromatic carbocycles. The average Bonchev–Trinajstić information content (AvgIpc) is 2.09. The lowest BCUT2D eigenvalue weighted by Gasteiger charge is -2.10. The smallest absolute Gasteiger partial charge is 0.154 e. The number of pyridine rings is 1. The van der Waals surface area contributed by atoms with Crippen LogP contribution in [-0.2, 0) is 0 Å². The first-order valence-electron chi connectivity index (χ1n) is 4.71. The van der Waals surface area contributed by atoms with Gasteiger partial charge in [0.15, 0.2) is 5.15 Å². The van der Waals surface area contributed by atoms with Crippen molar-refractivity contribution in [3.63, 3.8) is 0 Å². The Morgan fingerprint density at radius 1 is 1.43 bits per heavy atom. The van der Waals surface area contributed by atoms with Gasteiger partial charge in [0.2, 0.25) is 0 Å². The molecule has 0 fully saturated rings. The lowest BCUT2D eigenvalue weighted by molar-refractivity contribution is 0.833. The highest BCUT2D eigenvalue weighted by Crippen LogP contribution is 2.26. The largest absolute Gasteiger partial charge is 0.382 e. The normalized spacial score (nSPS) is 10.3. The summed E-state index contributed by atoms with van der Waals surface area (Å²) in [4.78, 5) is 3.98. The summed E-state index contributed by atoms with van der Waals surface area (Å²) in [5, 5.41) is 4.14. The van der Waals surface area contributed by atoms with Crippen LogP contribution in [0, 0.1) is 6.92 Å². The minimum atomic E-state index is 0.438. The van der Waals surface area contributed by atoms with E-state index >= 15 is 0 Å². The summed E-state index contributed by atoms with van der Waals surface area (Å²) in [5.41, 5.74) is 1.93. The predicted octanol–water partition coefficient (Wildman–Crippen LogP) is 3.91. The van der Waals surface area contributed by atoms with Crippen molar-refractivity contribution in [2.45, 2.75) is 26.7 Å². The van der Waals surface area contributed by atoms with Crippen molar-refractivity contribution in [2.24, 2.45) is 0 Å². The molecule has 0 amide bonds. The van der Waals surface area contributed by atoms with Crippen molar-refractivity contribution in [2.75, 3.05) is 11.9 Å². The predicted molar refractivity (Wildman–Crippen MR) is 62.4 cm³/mol. The van der Waals surface area contributed by atoms with Crippen LogP contribution < -0.4 is 5.32 Å². The van der Waals surface area contributed by atoms with Crippen molar-refractivity contribution >= 4 is 28.9 Å². The fourth-order valence-corrected chi connectivity index (χ4v) is 1.80. The van der Waals surface area contributed by atoms with Gasteiger partial charge in [-0.1, -0.05) is 36.5 Å². The molecule has 0 aliphatic heterocycles. The Morgan fingerprint density at radius 2 is 2.14 bits per heavy atom. The van der Waals surface area contributed by atoms with Crippen LogP contribution in [0.4, 0.5) is 5.69 Å². The van der Waals surface area contributed by atoms with E-state index < -0.39 is 0 Å². The van der Waals surface area contributed by atoms with E-state index in [2.05, 4.69) is 17.2 Å². The summed E-state index contributed by atoms with van der Waals surface area (Å²) >= 11 is 11.7. The van der Waals surface area contributed by atoms with Gasteiger partial charge < -0.3 is 5.32 Å². The Kier molecular flexibility index (Phi) is 4.49. The van der Waals surface area contributed by atoms with Gasteiger partial charge in [-0.05, 0) is 25.0 Å². The molecule has 0 unspecified atom stereocenters. The fraction of sp³-hybridized carbons (Fsp3) is 0.500. The number of nitrogens with one attached hydrogen (secondary N) is 1. The highest BCUT2D eigenvalue weighted by atomic mass is 35.5. The first-order valence-corrected chi connectivity index (χ1v) is 5.47. The molecule has 2 nitrogen and oxygen atoms in total. The molecule has 1 heterocycles. The van der Waals surface area contributed by atoms with E-state index in [-0.39, 0.29) is 0 Å². The van der Waals surface area contributed by atoms with Gasteiger partial charge in [0, 0.05) is 6.54 Å². The van der Waals surface area contributed by atoms with Crippen molar-refractivity contribution < 1.29 is 0 Å². The van der Waals surface area contributed by atoms with E-state index in [9.17, 15) is 0 Å². The molecule has 1 N–H and O–H groups in total. The van der Waals surface area contributed by atoms with Crippen LogP contribution in [-0.4, -0.2) is 11.5 Å². The van der Waals surface area contributed by atoms with Crippen LogP contribution >= 0.6 is 23.2 Å². The zero-order valence-corrected chi connectivity index (χ0v) is 9.91. The Morgan fingerprint density at radius 3 is 2.71 bits per heavy atom. The minimum absolute atomic E-state index is 0.438. The molecule has 0 atom stereocenters. The number of hydrogen-bond acceptors (Lipinski definition) is 2. The van der Waals surface area contributed by atoms with Gasteiger partial charge >= 0.3 is 0 Å². The lowest BCUT2D eigenvalue weighted by atomic mass is 10.2. The minimum Gasteiger partial charge on any atom is -0.382 e. The molecule has 1 rings (SSSR count). The molecule has 14 heavy (non-hydrogen) atoms. The van der Waals surface area contributed by atoms with Crippen LogP contribution in [0.2, 0.25) is 10.3 Å². The van der Waals surface area contributed by atoms with Gasteiger partial charge in [0.05, 0.1) is 5.69 Å². The highest BCUT2D eigenvalue weighted by molar-refractivity contribution is 6.34. The Balaban J connectivity index is 2.75. The first kappa shape index (κ1) is 11.6. The van der Waals surface area contributed by atoms with E-state index in [1.54, 1.807) is 0 Å². The Hall–Kier alpha value is -0.470. The van der Waals surface area contributed by atoms with Crippen molar-refractivity contribution in [3.05, 3.63) is 21.9 Å². The second-order valence-electron chi connectivity index (χ2n) is 3.21. The van der Waals surface area contributed by atoms with E-state index in [0.717, 1.165) is 30.6 Å². The number of nitrogens with zero attached hydrogens (tertiary/aromatic N) is 1. The molecule has 4 heteroatoms. The molecule has 1 aromatic rings. The SMILES string of the molecule is CCCCNc1c(C)cc(Cl)nc1Cl. The van der Waals surface area contributed by atoms with Crippen molar-refractivity contribution in [1.82, 2.24) is 4.98 Å². The molecule has 0 saturated carbocycles. The molecule has 0 aliphatic carbocycles. The van der Waals surface area contributed by atoms with E-state index in [4.69, 9.17) is 23.2 Å². The summed E-state index contributed by atoms with van der Waals surface area (Å²) in [6.45, 7) is 5.03. The summed E-state index contributed by atoms with van der Waals surface area (Å²) in [6, 6.07) is 1.81. The number of unbranched alkanes of at least 4 members (excludes halogenated alkanes) is 1. The van der Waals surface area contributed by atoms with Gasteiger partial charge in [0.1, 0.15) is 5.15 Å². The summed E-state index contributed by atoms with van der Waals surface area (Å²) in [5.74, 6) is 0. The van der Waals surface area contributed by atoms with E-state index in [1.165, 1.54) is 0 Å². The molecule has 78 valence electrons. The quantitative estimate of drug-likeness (QED) is 0.630. The van der Waals surface area contributed by atoms with Crippen LogP contribution in [0.3, 0.4) is 0 Å². The third kappa shape index (κ3) is 3.03. The molecular weight excluding hydrogens is 219 g/mol. The molecule has 1 aromatic heterocycles. The lowest BCUT2D eigenvalue weighted by Crippen LogP contribution is -2.04. The monoisotopic (exact) mass is 232 g/mol. The Labute approximate surface area is 94.6 Å². The maximum absolute atomic E-state index is 5.96. The standard InChI is InChI=1S/C10H14Cl2N2/c1-3-4-5-13-9-7(2)6-8(11)14-10(9)12/h6,13H,3-5H2,1-2H3. The fourth-order valence-electron chi connectivity index (χ4n) is 1.20. The third-order valence-corrected chi connectivity index (χ3v) is 2.44. The number of rotatable bonds is 4. The number of aromatic nitrogens is 1. The Bertz CT molecular complexity index is 290. The maximum atomic E-state index is 5.96. The second kappa shape index (κ2) is 5.42. The summed E-state index contributed by atoms with van der Waals surface area (Å²) in [6.07, 6.45) is 2.28. The number of anilines is 1. The van der Waals surface area contributed by atoms with Crippen LogP contribution in [0.5, 0.6) is 0 Å². The van der Waals surface area contributed by atoms with Crippen LogP contribution in [0.15, 0.2) is 6.07 Å². The molecular formula is C10H14Cl2N2. The van der Waals surface area contributed by atoms with Gasteiger partial charge in [-0.3, -0.25) is 0 Å². The van der Waals surface area contributed by atoms with Gasteiger partial charge in [-0.25, -0.2) is 4.98 Å². The van der Waals surface area contributed by atoms with Crippen molar-refractivity contribution in [3.8, 4) is 0 Å². The van der Waals surface area contributed by atoms with Crippen LogP contribution in [0.25, 0.3) is 0 Å². The molecule has 0 radical (unpaired) electrons. The van der Waals surface area contributed by atoms with Crippen LogP contribution in [0.1, 0.15) is 25.3 Å². The maximum Gasteiger partial charge on any atom is 0.154 e. The third-order valence-electron chi connectivity index (χ3n) is 1.97. The highest BCUT2D eigenvalue weighted by Gasteiger charge is 2.06. The topological polar surface area (TPSA) is 24.9 Å². The van der Waals surface area contributed by atoms with E-state index in [0.29, 0.717) is 10.3 Å². The molecule has 0 saturated heterocycles. The summed E-state index contributed by atoms with van der Waals surface area (Å²) < 4.78 is 0. The number of aryl methyl sites for hydroxylation is 1. The molecule has 0 aliphatic rings. The molecule has 0 bridgehead atoms. The average molecular weight is 233 g/mol. The van der Waals surface area contributed by atoms with Gasteiger partial charge in [0.25, 0.3) is 0 Å². The number of halogens is 2. The van der Waals surface area contributed by atoms with Gasteiger partial charge in [-0.15, -0.1) is 0 Å². The van der Waals surface area contributed by atoms with Gasteiger partial charge in [-0.2, -0.15) is 0 Å².